The van der Waals surface area contributed by atoms with Crippen LogP contribution in [0.25, 0.3) is 0 Å². The number of hydrogen-bond donors (Lipinski definition) is 2. The lowest BCUT2D eigenvalue weighted by molar-refractivity contribution is 0.300. The molecule has 1 saturated carbocycles. The molecule has 1 heterocycles. The largest absolute Gasteiger partial charge is 0.328 e. The molecule has 1 aromatic heterocycles. The highest BCUT2D eigenvalue weighted by atomic mass is 15.4. The van der Waals surface area contributed by atoms with Crippen LogP contribution >= 0.6 is 0 Å². The maximum atomic E-state index is 5.84. The molecule has 0 radical (unpaired) electrons. The van der Waals surface area contributed by atoms with Gasteiger partial charge >= 0.3 is 0 Å². The van der Waals surface area contributed by atoms with Crippen molar-refractivity contribution in [3.8, 4) is 0 Å². The van der Waals surface area contributed by atoms with E-state index in [0.717, 1.165) is 31.4 Å². The van der Waals surface area contributed by atoms with Crippen LogP contribution in [0.4, 0.5) is 0 Å². The van der Waals surface area contributed by atoms with Crippen molar-refractivity contribution in [2.45, 2.75) is 44.3 Å². The Hall–Kier alpha value is -0.940. The van der Waals surface area contributed by atoms with Crippen LogP contribution in [0, 0.1) is 0 Å². The minimum atomic E-state index is 0.378. The van der Waals surface area contributed by atoms with Gasteiger partial charge in [0.1, 0.15) is 0 Å². The lowest BCUT2D eigenvalue weighted by Gasteiger charge is -2.25. The van der Waals surface area contributed by atoms with Crippen molar-refractivity contribution in [3.05, 3.63) is 11.9 Å². The zero-order valence-electron chi connectivity index (χ0n) is 8.26. The molecule has 1 fully saturated rings. The van der Waals surface area contributed by atoms with E-state index in [-0.39, 0.29) is 0 Å². The third-order valence-electron chi connectivity index (χ3n) is 2.88. The Labute approximate surface area is 83.5 Å². The molecule has 2 rings (SSSR count). The molecule has 1 aromatic rings. The first-order valence-corrected chi connectivity index (χ1v) is 5.16. The highest BCUT2D eigenvalue weighted by Gasteiger charge is 2.20. The molecule has 0 aliphatic heterocycles. The second-order valence-electron chi connectivity index (χ2n) is 3.96. The monoisotopic (exact) mass is 195 g/mol. The van der Waals surface area contributed by atoms with Crippen LogP contribution in [-0.2, 0) is 6.54 Å². The number of nitrogens with zero attached hydrogens (tertiary/aromatic N) is 3. The quantitative estimate of drug-likeness (QED) is 0.705. The van der Waals surface area contributed by atoms with E-state index in [0.29, 0.717) is 18.6 Å². The topological polar surface area (TPSA) is 82.8 Å². The molecule has 0 spiro atoms. The average Bonchev–Trinajstić information content (AvgIpc) is 2.67. The predicted molar refractivity (Wildman–Crippen MR) is 53.4 cm³/mol. The van der Waals surface area contributed by atoms with Gasteiger partial charge in [0.25, 0.3) is 0 Å². The molecule has 0 atom stereocenters. The van der Waals surface area contributed by atoms with E-state index >= 15 is 0 Å². The zero-order chi connectivity index (χ0) is 9.97. The van der Waals surface area contributed by atoms with Crippen molar-refractivity contribution in [3.63, 3.8) is 0 Å². The summed E-state index contributed by atoms with van der Waals surface area (Å²) in [5, 5.41) is 8.07. The molecule has 1 aliphatic rings. The van der Waals surface area contributed by atoms with E-state index in [1.54, 1.807) is 0 Å². The highest BCUT2D eigenvalue weighted by molar-refractivity contribution is 4.92. The maximum Gasteiger partial charge on any atom is 0.0962 e. The Kier molecular flexibility index (Phi) is 2.79. The smallest absolute Gasteiger partial charge is 0.0962 e. The summed E-state index contributed by atoms with van der Waals surface area (Å²) in [6.07, 6.45) is 6.33. The minimum absolute atomic E-state index is 0.378. The van der Waals surface area contributed by atoms with Gasteiger partial charge < -0.3 is 11.5 Å². The van der Waals surface area contributed by atoms with Crippen LogP contribution < -0.4 is 11.5 Å². The number of hydrogen-bond acceptors (Lipinski definition) is 4. The van der Waals surface area contributed by atoms with E-state index in [9.17, 15) is 0 Å². The first-order valence-electron chi connectivity index (χ1n) is 5.16. The van der Waals surface area contributed by atoms with Gasteiger partial charge in [-0.25, -0.2) is 4.68 Å². The summed E-state index contributed by atoms with van der Waals surface area (Å²) in [6.45, 7) is 0.465. The highest BCUT2D eigenvalue weighted by Crippen LogP contribution is 2.26. The van der Waals surface area contributed by atoms with Crippen LogP contribution in [0.15, 0.2) is 6.20 Å². The summed E-state index contributed by atoms with van der Waals surface area (Å²) in [6, 6.07) is 0.853. The Morgan fingerprint density at radius 3 is 2.64 bits per heavy atom. The van der Waals surface area contributed by atoms with Gasteiger partial charge in [-0.2, -0.15) is 0 Å². The Morgan fingerprint density at radius 2 is 2.07 bits per heavy atom. The van der Waals surface area contributed by atoms with Gasteiger partial charge in [0.05, 0.1) is 17.9 Å². The Bertz CT molecular complexity index is 287. The van der Waals surface area contributed by atoms with Crippen molar-refractivity contribution in [1.29, 1.82) is 0 Å². The Balaban J connectivity index is 2.01. The first-order chi connectivity index (χ1) is 6.79. The van der Waals surface area contributed by atoms with Gasteiger partial charge in [0.15, 0.2) is 0 Å². The zero-order valence-corrected chi connectivity index (χ0v) is 8.26. The molecule has 0 amide bonds. The fourth-order valence-electron chi connectivity index (χ4n) is 1.95. The second kappa shape index (κ2) is 4.06. The second-order valence-corrected chi connectivity index (χ2v) is 3.96. The van der Waals surface area contributed by atoms with Crippen molar-refractivity contribution in [2.24, 2.45) is 11.5 Å². The number of nitrogens with two attached hydrogens (primary N) is 2. The molecule has 0 unspecified atom stereocenters. The van der Waals surface area contributed by atoms with Crippen molar-refractivity contribution < 1.29 is 0 Å². The predicted octanol–water partition coefficient (Wildman–Crippen LogP) is 0.179. The lowest BCUT2D eigenvalue weighted by atomic mass is 9.92. The fourth-order valence-corrected chi connectivity index (χ4v) is 1.95. The van der Waals surface area contributed by atoms with E-state index in [4.69, 9.17) is 11.5 Å². The summed E-state index contributed by atoms with van der Waals surface area (Å²) >= 11 is 0. The standard InChI is InChI=1S/C9H17N5/c10-5-8-6-14(13-12-8)9-3-1-7(11)2-4-9/h6-7,9H,1-5,10-11H2. The number of rotatable bonds is 2. The minimum Gasteiger partial charge on any atom is -0.328 e. The van der Waals surface area contributed by atoms with Gasteiger partial charge in [0, 0.05) is 12.6 Å². The van der Waals surface area contributed by atoms with Crippen LogP contribution in [0.1, 0.15) is 37.4 Å². The van der Waals surface area contributed by atoms with Crippen molar-refractivity contribution >= 4 is 0 Å². The summed E-state index contributed by atoms with van der Waals surface area (Å²) in [4.78, 5) is 0. The van der Waals surface area contributed by atoms with Gasteiger partial charge in [-0.3, -0.25) is 0 Å². The van der Waals surface area contributed by atoms with Crippen LogP contribution in [0.5, 0.6) is 0 Å². The van der Waals surface area contributed by atoms with Gasteiger partial charge in [0.2, 0.25) is 0 Å². The van der Waals surface area contributed by atoms with Crippen LogP contribution in [0.2, 0.25) is 0 Å². The summed E-state index contributed by atoms with van der Waals surface area (Å²) in [5.41, 5.74) is 12.2. The summed E-state index contributed by atoms with van der Waals surface area (Å²) in [5.74, 6) is 0. The fraction of sp³-hybridized carbons (Fsp3) is 0.778. The van der Waals surface area contributed by atoms with E-state index in [1.807, 2.05) is 10.9 Å². The molecule has 4 N–H and O–H groups in total. The molecule has 5 heteroatoms. The number of aromatic nitrogens is 3. The van der Waals surface area contributed by atoms with Gasteiger partial charge in [-0.15, -0.1) is 5.10 Å². The molecule has 5 nitrogen and oxygen atoms in total. The van der Waals surface area contributed by atoms with Gasteiger partial charge in [-0.1, -0.05) is 5.21 Å². The van der Waals surface area contributed by atoms with Crippen molar-refractivity contribution in [2.75, 3.05) is 0 Å². The summed E-state index contributed by atoms with van der Waals surface area (Å²) in [7, 11) is 0. The molecular formula is C9H17N5. The molecule has 0 bridgehead atoms. The van der Waals surface area contributed by atoms with E-state index in [2.05, 4.69) is 10.3 Å². The Morgan fingerprint density at radius 1 is 1.36 bits per heavy atom. The molecular weight excluding hydrogens is 178 g/mol. The van der Waals surface area contributed by atoms with Gasteiger partial charge in [-0.05, 0) is 25.7 Å². The van der Waals surface area contributed by atoms with E-state index < -0.39 is 0 Å². The lowest BCUT2D eigenvalue weighted by Crippen LogP contribution is -2.28. The van der Waals surface area contributed by atoms with E-state index in [1.165, 1.54) is 0 Å². The third-order valence-corrected chi connectivity index (χ3v) is 2.88. The van der Waals surface area contributed by atoms with Crippen LogP contribution in [-0.4, -0.2) is 21.0 Å². The van der Waals surface area contributed by atoms with Crippen molar-refractivity contribution in [1.82, 2.24) is 15.0 Å². The SMILES string of the molecule is NCc1cn(C2CCC(N)CC2)nn1. The first kappa shape index (κ1) is 9.61. The molecule has 1 aliphatic carbocycles. The average molecular weight is 195 g/mol. The maximum absolute atomic E-state index is 5.84. The van der Waals surface area contributed by atoms with Crippen LogP contribution in [0.3, 0.4) is 0 Å². The normalized spacial score (nSPS) is 27.9. The molecule has 0 saturated heterocycles. The molecule has 0 aromatic carbocycles. The summed E-state index contributed by atoms with van der Waals surface area (Å²) < 4.78 is 1.94. The molecule has 14 heavy (non-hydrogen) atoms. The molecule has 78 valence electrons. The third kappa shape index (κ3) is 1.93.